The lowest BCUT2D eigenvalue weighted by atomic mass is 10.4. The molecule has 0 atom stereocenters. The number of carbonyl (C=O) groups is 1. The molecular formula is C7H15N2O+. The summed E-state index contributed by atoms with van der Waals surface area (Å²) < 4.78 is 1.96. The number of nitrogens with one attached hydrogen (secondary N) is 1. The van der Waals surface area contributed by atoms with E-state index in [-0.39, 0.29) is 0 Å². The lowest BCUT2D eigenvalue weighted by molar-refractivity contribution is -0.515. The predicted octanol–water partition coefficient (Wildman–Crippen LogP) is -0.144. The van der Waals surface area contributed by atoms with Gasteiger partial charge in [0.25, 0.3) is 0 Å². The largest absolute Gasteiger partial charge is 0.358 e. The van der Waals surface area contributed by atoms with E-state index in [4.69, 9.17) is 0 Å². The van der Waals surface area contributed by atoms with E-state index in [1.807, 2.05) is 4.58 Å². The highest BCUT2D eigenvalue weighted by Gasteiger charge is 1.93. The first kappa shape index (κ1) is 9.14. The summed E-state index contributed by atoms with van der Waals surface area (Å²) in [4.78, 5) is 9.78. The summed E-state index contributed by atoms with van der Waals surface area (Å²) in [5, 5.41) is 2.59. The van der Waals surface area contributed by atoms with Crippen LogP contribution in [0.5, 0.6) is 0 Å². The number of nitrogens with zero attached hydrogens (tertiary/aromatic N) is 1. The molecule has 0 aromatic heterocycles. The van der Waals surface area contributed by atoms with Gasteiger partial charge in [0.1, 0.15) is 19.8 Å². The van der Waals surface area contributed by atoms with E-state index in [2.05, 4.69) is 19.0 Å². The number of hydrogen-bond donors (Lipinski definition) is 1. The van der Waals surface area contributed by atoms with Crippen molar-refractivity contribution in [3.05, 3.63) is 0 Å². The van der Waals surface area contributed by atoms with Crippen molar-refractivity contribution in [1.29, 1.82) is 0 Å². The monoisotopic (exact) mass is 143 g/mol. The van der Waals surface area contributed by atoms with Crippen LogP contribution in [0.2, 0.25) is 0 Å². The zero-order valence-electron chi connectivity index (χ0n) is 6.47. The Balaban J connectivity index is 3.03. The van der Waals surface area contributed by atoms with Crippen molar-refractivity contribution in [3.63, 3.8) is 0 Å². The fraction of sp³-hybridized carbons (Fsp3) is 0.714. The Labute approximate surface area is 61.7 Å². The van der Waals surface area contributed by atoms with Gasteiger partial charge in [-0.05, 0) is 6.92 Å². The van der Waals surface area contributed by atoms with Crippen LogP contribution in [-0.2, 0) is 4.79 Å². The third-order valence-electron chi connectivity index (χ3n) is 1.33. The molecule has 0 aromatic rings. The van der Waals surface area contributed by atoms with E-state index in [0.717, 1.165) is 32.5 Å². The van der Waals surface area contributed by atoms with Gasteiger partial charge in [-0.2, -0.15) is 0 Å². The highest BCUT2D eigenvalue weighted by atomic mass is 16.1. The van der Waals surface area contributed by atoms with Gasteiger partial charge in [0, 0.05) is 13.0 Å². The average Bonchev–Trinajstić information content (AvgIpc) is 1.98. The van der Waals surface area contributed by atoms with Crippen molar-refractivity contribution in [1.82, 2.24) is 5.32 Å². The Morgan fingerprint density at radius 3 is 2.90 bits per heavy atom. The molecule has 10 heavy (non-hydrogen) atoms. The Morgan fingerprint density at radius 2 is 2.40 bits per heavy atom. The molecule has 0 unspecified atom stereocenters. The summed E-state index contributed by atoms with van der Waals surface area (Å²) >= 11 is 0. The topological polar surface area (TPSA) is 32.1 Å². The Bertz CT molecular complexity index is 112. The second kappa shape index (κ2) is 6.26. The molecule has 58 valence electrons. The van der Waals surface area contributed by atoms with Gasteiger partial charge in [0.2, 0.25) is 6.41 Å². The fourth-order valence-corrected chi connectivity index (χ4v) is 0.622. The van der Waals surface area contributed by atoms with Gasteiger partial charge in [-0.1, -0.05) is 0 Å². The number of hydrogen-bond acceptors (Lipinski definition) is 1. The Morgan fingerprint density at radius 1 is 1.70 bits per heavy atom. The minimum atomic E-state index is 0.722. The van der Waals surface area contributed by atoms with Crippen LogP contribution in [0.3, 0.4) is 0 Å². The van der Waals surface area contributed by atoms with E-state index in [1.54, 1.807) is 0 Å². The summed E-state index contributed by atoms with van der Waals surface area (Å²) in [5.74, 6) is 0. The molecule has 0 fully saturated rings. The second-order valence-corrected chi connectivity index (χ2v) is 2.14. The van der Waals surface area contributed by atoms with Crippen molar-refractivity contribution >= 4 is 13.1 Å². The van der Waals surface area contributed by atoms with Crippen LogP contribution in [0.15, 0.2) is 0 Å². The SMILES string of the molecule is C=[N+](CC)CCCNC=O. The summed E-state index contributed by atoms with van der Waals surface area (Å²) in [6.45, 7) is 8.47. The van der Waals surface area contributed by atoms with Crippen LogP contribution in [0.25, 0.3) is 0 Å². The minimum Gasteiger partial charge on any atom is -0.358 e. The molecule has 0 heterocycles. The quantitative estimate of drug-likeness (QED) is 0.238. The van der Waals surface area contributed by atoms with E-state index in [0.29, 0.717) is 0 Å². The molecule has 0 saturated carbocycles. The maximum atomic E-state index is 9.78. The Hall–Kier alpha value is -0.860. The molecular weight excluding hydrogens is 128 g/mol. The molecule has 0 aliphatic rings. The Kier molecular flexibility index (Phi) is 5.72. The van der Waals surface area contributed by atoms with Gasteiger partial charge in [0.05, 0.1) is 0 Å². The molecule has 1 N–H and O–H groups in total. The van der Waals surface area contributed by atoms with Crippen molar-refractivity contribution in [2.75, 3.05) is 19.6 Å². The van der Waals surface area contributed by atoms with E-state index < -0.39 is 0 Å². The molecule has 0 bridgehead atoms. The second-order valence-electron chi connectivity index (χ2n) is 2.14. The highest BCUT2D eigenvalue weighted by Crippen LogP contribution is 1.77. The number of carbonyl (C=O) groups excluding carboxylic acids is 1. The molecule has 0 aromatic carbocycles. The molecule has 3 nitrogen and oxygen atoms in total. The van der Waals surface area contributed by atoms with Crippen molar-refractivity contribution in [2.24, 2.45) is 0 Å². The molecule has 0 spiro atoms. The smallest absolute Gasteiger partial charge is 0.207 e. The van der Waals surface area contributed by atoms with Crippen LogP contribution in [0.1, 0.15) is 13.3 Å². The molecule has 0 saturated heterocycles. The summed E-state index contributed by atoms with van der Waals surface area (Å²) in [7, 11) is 0. The zero-order chi connectivity index (χ0) is 7.82. The van der Waals surface area contributed by atoms with E-state index in [1.165, 1.54) is 0 Å². The van der Waals surface area contributed by atoms with Crippen LogP contribution < -0.4 is 5.32 Å². The van der Waals surface area contributed by atoms with Crippen molar-refractivity contribution < 1.29 is 9.37 Å². The third kappa shape index (κ3) is 5.28. The molecule has 0 aliphatic heterocycles. The van der Waals surface area contributed by atoms with Crippen LogP contribution in [0, 0.1) is 0 Å². The first-order valence-electron chi connectivity index (χ1n) is 3.53. The molecule has 3 heteroatoms. The molecule has 0 rings (SSSR count). The lowest BCUT2D eigenvalue weighted by Crippen LogP contribution is -2.18. The van der Waals surface area contributed by atoms with Crippen LogP contribution in [0.4, 0.5) is 0 Å². The minimum absolute atomic E-state index is 0.722. The maximum absolute atomic E-state index is 9.78. The van der Waals surface area contributed by atoms with Gasteiger partial charge in [-0.15, -0.1) is 0 Å². The summed E-state index contributed by atoms with van der Waals surface area (Å²) in [5.41, 5.74) is 0. The molecule has 0 radical (unpaired) electrons. The average molecular weight is 143 g/mol. The first-order valence-corrected chi connectivity index (χ1v) is 3.53. The lowest BCUT2D eigenvalue weighted by Gasteiger charge is -1.97. The molecule has 1 amide bonds. The van der Waals surface area contributed by atoms with E-state index >= 15 is 0 Å². The van der Waals surface area contributed by atoms with E-state index in [9.17, 15) is 4.79 Å². The van der Waals surface area contributed by atoms with Gasteiger partial charge < -0.3 is 5.32 Å². The molecule has 0 aliphatic carbocycles. The normalized spacial score (nSPS) is 8.90. The van der Waals surface area contributed by atoms with Gasteiger partial charge >= 0.3 is 0 Å². The summed E-state index contributed by atoms with van der Waals surface area (Å²) in [6.07, 6.45) is 1.69. The number of rotatable bonds is 6. The maximum Gasteiger partial charge on any atom is 0.207 e. The zero-order valence-corrected chi connectivity index (χ0v) is 6.47. The summed E-state index contributed by atoms with van der Waals surface area (Å²) in [6, 6.07) is 0. The highest BCUT2D eigenvalue weighted by molar-refractivity contribution is 5.45. The first-order chi connectivity index (χ1) is 4.81. The van der Waals surface area contributed by atoms with Crippen molar-refractivity contribution in [3.8, 4) is 0 Å². The van der Waals surface area contributed by atoms with Crippen molar-refractivity contribution in [2.45, 2.75) is 13.3 Å². The van der Waals surface area contributed by atoms with Gasteiger partial charge in [0.15, 0.2) is 0 Å². The number of amides is 1. The van der Waals surface area contributed by atoms with Crippen LogP contribution >= 0.6 is 0 Å². The van der Waals surface area contributed by atoms with Gasteiger partial charge in [-0.3, -0.25) is 4.79 Å². The predicted molar refractivity (Wildman–Crippen MR) is 41.5 cm³/mol. The standard InChI is InChI=1S/C7H14N2O/c1-3-9(2)6-4-5-8-7-10/h7H,2-6H2,1H3/p+1. The third-order valence-corrected chi connectivity index (χ3v) is 1.33. The van der Waals surface area contributed by atoms with Crippen LogP contribution in [-0.4, -0.2) is 37.3 Å². The van der Waals surface area contributed by atoms with Gasteiger partial charge in [-0.25, -0.2) is 4.58 Å². The fourth-order valence-electron chi connectivity index (χ4n) is 0.622.